The molecule has 0 saturated heterocycles. The molecular weight excluding hydrogens is 338 g/mol. The molecule has 1 amide bonds. The van der Waals surface area contributed by atoms with E-state index in [1.807, 2.05) is 30.3 Å². The highest BCUT2D eigenvalue weighted by Crippen LogP contribution is 2.37. The lowest BCUT2D eigenvalue weighted by molar-refractivity contribution is -0.123. The zero-order valence-electron chi connectivity index (χ0n) is 14.2. The molecule has 0 fully saturated rings. The Morgan fingerprint density at radius 1 is 1.12 bits per heavy atom. The Kier molecular flexibility index (Phi) is 4.81. The molecule has 132 valence electrons. The van der Waals surface area contributed by atoms with Crippen LogP contribution in [0.15, 0.2) is 54.6 Å². The van der Waals surface area contributed by atoms with Crippen LogP contribution in [0, 0.1) is 0 Å². The second kappa shape index (κ2) is 6.88. The summed E-state index contributed by atoms with van der Waals surface area (Å²) in [5.74, 6) is -0.0362. The number of benzene rings is 2. The smallest absolute Gasteiger partial charge is 0.227 e. The fourth-order valence-corrected chi connectivity index (χ4v) is 4.58. The SMILES string of the molecule is CC(C(=O)N[C@@H]1COc2ccccc2[C@H]1S(C)(=O)=O)c1ccccc1. The van der Waals surface area contributed by atoms with E-state index in [2.05, 4.69) is 5.32 Å². The van der Waals surface area contributed by atoms with Gasteiger partial charge in [0.25, 0.3) is 0 Å². The molecule has 0 radical (unpaired) electrons. The van der Waals surface area contributed by atoms with Crippen LogP contribution in [-0.4, -0.2) is 33.2 Å². The Morgan fingerprint density at radius 2 is 1.76 bits per heavy atom. The van der Waals surface area contributed by atoms with Gasteiger partial charge in [0.2, 0.25) is 5.91 Å². The number of nitrogens with one attached hydrogen (secondary N) is 1. The summed E-state index contributed by atoms with van der Waals surface area (Å²) in [5.41, 5.74) is 1.47. The van der Waals surface area contributed by atoms with Gasteiger partial charge in [-0.2, -0.15) is 0 Å². The van der Waals surface area contributed by atoms with Crippen molar-refractivity contribution in [2.75, 3.05) is 12.9 Å². The van der Waals surface area contributed by atoms with Crippen molar-refractivity contribution in [2.24, 2.45) is 0 Å². The average Bonchev–Trinajstić information content (AvgIpc) is 2.60. The Bertz CT molecular complexity index is 864. The number of carbonyl (C=O) groups excluding carboxylic acids is 1. The highest BCUT2D eigenvalue weighted by Gasteiger charge is 2.39. The fourth-order valence-electron chi connectivity index (χ4n) is 3.18. The third kappa shape index (κ3) is 3.69. The van der Waals surface area contributed by atoms with Crippen LogP contribution in [0.5, 0.6) is 5.75 Å². The molecule has 0 bridgehead atoms. The topological polar surface area (TPSA) is 72.5 Å². The molecule has 3 atom stereocenters. The van der Waals surface area contributed by atoms with Crippen molar-refractivity contribution in [2.45, 2.75) is 24.1 Å². The van der Waals surface area contributed by atoms with Gasteiger partial charge >= 0.3 is 0 Å². The van der Waals surface area contributed by atoms with Gasteiger partial charge in [0.05, 0.1) is 12.0 Å². The van der Waals surface area contributed by atoms with Gasteiger partial charge in [-0.1, -0.05) is 48.5 Å². The third-order valence-electron chi connectivity index (χ3n) is 4.49. The highest BCUT2D eigenvalue weighted by molar-refractivity contribution is 7.91. The van der Waals surface area contributed by atoms with Crippen LogP contribution in [0.3, 0.4) is 0 Å². The van der Waals surface area contributed by atoms with E-state index in [0.717, 1.165) is 5.56 Å². The number of hydrogen-bond donors (Lipinski definition) is 1. The standard InChI is InChI=1S/C19H21NO4S/c1-13(14-8-4-3-5-9-14)19(21)20-16-12-24-17-11-7-6-10-15(17)18(16)25(2,22)23/h3-11,13,16,18H,12H2,1-2H3,(H,20,21)/t13?,16-,18-/m1/s1. The minimum atomic E-state index is -3.42. The normalized spacial score (nSPS) is 20.9. The molecule has 1 unspecified atom stereocenters. The predicted molar refractivity (Wildman–Crippen MR) is 96.3 cm³/mol. The van der Waals surface area contributed by atoms with Crippen LogP contribution in [0.4, 0.5) is 0 Å². The van der Waals surface area contributed by atoms with Crippen LogP contribution in [0.1, 0.15) is 29.2 Å². The molecule has 2 aromatic carbocycles. The van der Waals surface area contributed by atoms with Gasteiger partial charge in [-0.3, -0.25) is 4.79 Å². The maximum Gasteiger partial charge on any atom is 0.227 e. The summed E-state index contributed by atoms with van der Waals surface area (Å²) in [6.07, 6.45) is 1.19. The van der Waals surface area contributed by atoms with Crippen molar-refractivity contribution < 1.29 is 17.9 Å². The average molecular weight is 359 g/mol. The molecule has 1 heterocycles. The fraction of sp³-hybridized carbons (Fsp3) is 0.316. The Labute approximate surface area is 147 Å². The monoisotopic (exact) mass is 359 g/mol. The first kappa shape index (κ1) is 17.5. The summed E-state index contributed by atoms with van der Waals surface area (Å²) in [4.78, 5) is 12.6. The summed E-state index contributed by atoms with van der Waals surface area (Å²) in [5, 5.41) is 2.06. The van der Waals surface area contributed by atoms with Crippen molar-refractivity contribution in [1.29, 1.82) is 0 Å². The zero-order valence-corrected chi connectivity index (χ0v) is 15.0. The van der Waals surface area contributed by atoms with E-state index in [-0.39, 0.29) is 18.4 Å². The van der Waals surface area contributed by atoms with E-state index >= 15 is 0 Å². The zero-order chi connectivity index (χ0) is 18.0. The summed E-state index contributed by atoms with van der Waals surface area (Å²) in [6, 6.07) is 15.8. The van der Waals surface area contributed by atoms with Crippen molar-refractivity contribution in [3.63, 3.8) is 0 Å². The predicted octanol–water partition coefficient (Wildman–Crippen LogP) is 2.45. The number of ether oxygens (including phenoxy) is 1. The minimum absolute atomic E-state index is 0.127. The maximum atomic E-state index is 12.6. The molecule has 3 rings (SSSR count). The van der Waals surface area contributed by atoms with E-state index in [9.17, 15) is 13.2 Å². The molecular formula is C19H21NO4S. The van der Waals surface area contributed by atoms with Crippen molar-refractivity contribution in [3.05, 3.63) is 65.7 Å². The number of para-hydroxylation sites is 1. The molecule has 2 aromatic rings. The van der Waals surface area contributed by atoms with Gasteiger partial charge < -0.3 is 10.1 Å². The van der Waals surface area contributed by atoms with Crippen LogP contribution in [0.25, 0.3) is 0 Å². The summed E-state index contributed by atoms with van der Waals surface area (Å²) >= 11 is 0. The van der Waals surface area contributed by atoms with Gasteiger partial charge in [-0.25, -0.2) is 8.42 Å². The van der Waals surface area contributed by atoms with Gasteiger partial charge in [0.15, 0.2) is 9.84 Å². The summed E-state index contributed by atoms with van der Waals surface area (Å²) in [6.45, 7) is 1.93. The second-order valence-electron chi connectivity index (χ2n) is 6.35. The lowest BCUT2D eigenvalue weighted by atomic mass is 9.98. The first-order chi connectivity index (χ1) is 11.9. The minimum Gasteiger partial charge on any atom is -0.491 e. The van der Waals surface area contributed by atoms with Crippen molar-refractivity contribution in [1.82, 2.24) is 5.32 Å². The Balaban J connectivity index is 1.85. The quantitative estimate of drug-likeness (QED) is 0.910. The highest BCUT2D eigenvalue weighted by atomic mass is 32.2. The molecule has 1 aliphatic heterocycles. The number of rotatable bonds is 4. The number of sulfone groups is 1. The lowest BCUT2D eigenvalue weighted by Crippen LogP contribution is -2.48. The van der Waals surface area contributed by atoms with Gasteiger partial charge in [-0.15, -0.1) is 0 Å². The van der Waals surface area contributed by atoms with E-state index < -0.39 is 21.1 Å². The molecule has 0 aromatic heterocycles. The van der Waals surface area contributed by atoms with Gasteiger partial charge in [-0.05, 0) is 18.6 Å². The maximum absolute atomic E-state index is 12.6. The molecule has 0 saturated carbocycles. The largest absolute Gasteiger partial charge is 0.491 e. The molecule has 1 aliphatic rings. The second-order valence-corrected chi connectivity index (χ2v) is 8.51. The van der Waals surface area contributed by atoms with Crippen LogP contribution >= 0.6 is 0 Å². The van der Waals surface area contributed by atoms with Crippen LogP contribution < -0.4 is 10.1 Å². The molecule has 5 nitrogen and oxygen atoms in total. The first-order valence-electron chi connectivity index (χ1n) is 8.14. The number of carbonyl (C=O) groups is 1. The van der Waals surface area contributed by atoms with Gasteiger partial charge in [0, 0.05) is 11.8 Å². The molecule has 0 spiro atoms. The number of fused-ring (bicyclic) bond motifs is 1. The Morgan fingerprint density at radius 3 is 2.44 bits per heavy atom. The lowest BCUT2D eigenvalue weighted by Gasteiger charge is -2.33. The van der Waals surface area contributed by atoms with E-state index in [1.54, 1.807) is 31.2 Å². The van der Waals surface area contributed by atoms with Crippen LogP contribution in [0.2, 0.25) is 0 Å². The third-order valence-corrected chi connectivity index (χ3v) is 6.00. The van der Waals surface area contributed by atoms with E-state index in [4.69, 9.17) is 4.74 Å². The van der Waals surface area contributed by atoms with Crippen LogP contribution in [-0.2, 0) is 14.6 Å². The number of hydrogen-bond acceptors (Lipinski definition) is 4. The molecule has 25 heavy (non-hydrogen) atoms. The molecule has 6 heteroatoms. The summed E-state index contributed by atoms with van der Waals surface area (Å²) in [7, 11) is -3.42. The van der Waals surface area contributed by atoms with Gasteiger partial charge in [0.1, 0.15) is 17.6 Å². The first-order valence-corrected chi connectivity index (χ1v) is 10.1. The summed E-state index contributed by atoms with van der Waals surface area (Å²) < 4.78 is 30.4. The van der Waals surface area contributed by atoms with Crippen molar-refractivity contribution >= 4 is 15.7 Å². The Hall–Kier alpha value is -2.34. The molecule has 0 aliphatic carbocycles. The molecule has 1 N–H and O–H groups in total. The number of amides is 1. The van der Waals surface area contributed by atoms with Crippen molar-refractivity contribution in [3.8, 4) is 5.75 Å². The van der Waals surface area contributed by atoms with E-state index in [1.165, 1.54) is 6.26 Å². The van der Waals surface area contributed by atoms with E-state index in [0.29, 0.717) is 11.3 Å².